The molecule has 1 aliphatic rings. The number of aliphatic hydroxyl groups excluding tert-OH is 1. The van der Waals surface area contributed by atoms with Gasteiger partial charge in [0.1, 0.15) is 11.6 Å². The van der Waals surface area contributed by atoms with E-state index in [-0.39, 0.29) is 45.9 Å². The van der Waals surface area contributed by atoms with Crippen LogP contribution in [0, 0.1) is 24.5 Å². The number of carbonyl (C=O) groups is 2. The highest BCUT2D eigenvalue weighted by atomic mass is 35.5. The van der Waals surface area contributed by atoms with Gasteiger partial charge in [-0.1, -0.05) is 23.2 Å². The van der Waals surface area contributed by atoms with E-state index in [4.69, 9.17) is 23.2 Å². The summed E-state index contributed by atoms with van der Waals surface area (Å²) >= 11 is 12.4. The number of carboxylic acid groups (broad SMARTS) is 1. The number of aliphatic carboxylic acids is 1. The lowest BCUT2D eigenvalue weighted by atomic mass is 9.86. The Morgan fingerprint density at radius 3 is 2.26 bits per heavy atom. The number of carboxylic acids is 1. The summed E-state index contributed by atoms with van der Waals surface area (Å²) in [6.45, 7) is 1.24. The molecule has 1 unspecified atom stereocenters. The molecule has 0 aliphatic heterocycles. The Kier molecular flexibility index (Phi) is 8.64. The number of rotatable bonds is 8. The zero-order chi connectivity index (χ0) is 27.6. The Morgan fingerprint density at radius 2 is 1.68 bits per heavy atom. The van der Waals surface area contributed by atoms with Gasteiger partial charge in [-0.05, 0) is 50.3 Å². The van der Waals surface area contributed by atoms with Crippen LogP contribution < -0.4 is 0 Å². The third kappa shape index (κ3) is 6.14. The second-order valence-electron chi connectivity index (χ2n) is 9.43. The number of hydrogen-bond donors (Lipinski definition) is 2. The fourth-order valence-electron chi connectivity index (χ4n) is 4.92. The SMILES string of the molecule is Cc1c(C(=O)N(Cc2cc(F)cc(F)c2)CC(O)c2c(Cl)cncc2Cl)cnn1[C@H]1CC[C@H](C(=O)O)CC1. The highest BCUT2D eigenvalue weighted by molar-refractivity contribution is 6.35. The molecule has 4 rings (SSSR count). The molecule has 1 aromatic carbocycles. The molecule has 0 saturated heterocycles. The van der Waals surface area contributed by atoms with Crippen LogP contribution in [0.4, 0.5) is 8.78 Å². The van der Waals surface area contributed by atoms with E-state index in [1.165, 1.54) is 23.5 Å². The van der Waals surface area contributed by atoms with Crippen LogP contribution in [-0.4, -0.2) is 48.3 Å². The quantitative estimate of drug-likeness (QED) is 0.379. The maximum Gasteiger partial charge on any atom is 0.306 e. The van der Waals surface area contributed by atoms with Crippen molar-refractivity contribution in [2.45, 2.75) is 51.3 Å². The van der Waals surface area contributed by atoms with Gasteiger partial charge < -0.3 is 15.1 Å². The van der Waals surface area contributed by atoms with Crippen LogP contribution in [0.2, 0.25) is 10.0 Å². The van der Waals surface area contributed by atoms with E-state index >= 15 is 0 Å². The van der Waals surface area contributed by atoms with Crippen molar-refractivity contribution in [3.05, 3.63) is 80.9 Å². The summed E-state index contributed by atoms with van der Waals surface area (Å²) < 4.78 is 29.5. The Balaban J connectivity index is 1.62. The molecule has 2 heterocycles. The minimum Gasteiger partial charge on any atom is -0.481 e. The van der Waals surface area contributed by atoms with Crippen LogP contribution in [0.15, 0.2) is 36.8 Å². The molecule has 8 nitrogen and oxygen atoms in total. The van der Waals surface area contributed by atoms with Gasteiger partial charge in [-0.3, -0.25) is 19.3 Å². The second kappa shape index (κ2) is 11.8. The predicted octanol–water partition coefficient (Wildman–Crippen LogP) is 5.36. The Hall–Kier alpha value is -3.08. The summed E-state index contributed by atoms with van der Waals surface area (Å²) in [5, 5.41) is 24.9. The molecule has 2 N–H and O–H groups in total. The lowest BCUT2D eigenvalue weighted by Crippen LogP contribution is -2.35. The topological polar surface area (TPSA) is 109 Å². The van der Waals surface area contributed by atoms with Crippen molar-refractivity contribution in [3.63, 3.8) is 0 Å². The van der Waals surface area contributed by atoms with Crippen molar-refractivity contribution in [2.24, 2.45) is 5.92 Å². The van der Waals surface area contributed by atoms with Crippen LogP contribution in [-0.2, 0) is 11.3 Å². The number of amides is 1. The Bertz CT molecular complexity index is 1300. The van der Waals surface area contributed by atoms with E-state index in [0.717, 1.165) is 18.2 Å². The Labute approximate surface area is 227 Å². The fraction of sp³-hybridized carbons (Fsp3) is 0.385. The highest BCUT2D eigenvalue weighted by Gasteiger charge is 2.31. The van der Waals surface area contributed by atoms with Gasteiger partial charge in [0.05, 0.1) is 46.4 Å². The summed E-state index contributed by atoms with van der Waals surface area (Å²) in [5.41, 5.74) is 1.18. The van der Waals surface area contributed by atoms with Gasteiger partial charge in [-0.25, -0.2) is 8.78 Å². The molecule has 12 heteroatoms. The normalized spacial score (nSPS) is 18.3. The van der Waals surface area contributed by atoms with Crippen molar-refractivity contribution >= 4 is 35.1 Å². The third-order valence-electron chi connectivity index (χ3n) is 6.87. The monoisotopic (exact) mass is 566 g/mol. The predicted molar refractivity (Wildman–Crippen MR) is 136 cm³/mol. The number of hydrogen-bond acceptors (Lipinski definition) is 5. The van der Waals surface area contributed by atoms with Gasteiger partial charge in [0.2, 0.25) is 0 Å². The van der Waals surface area contributed by atoms with Crippen molar-refractivity contribution in [2.75, 3.05) is 6.54 Å². The molecule has 1 saturated carbocycles. The average Bonchev–Trinajstić information content (AvgIpc) is 3.23. The van der Waals surface area contributed by atoms with Gasteiger partial charge in [0, 0.05) is 36.3 Å². The third-order valence-corrected chi connectivity index (χ3v) is 7.47. The lowest BCUT2D eigenvalue weighted by molar-refractivity contribution is -0.143. The molecule has 202 valence electrons. The molecule has 1 fully saturated rings. The minimum absolute atomic E-state index is 0.0575. The molecule has 0 spiro atoms. The maximum atomic E-state index is 13.9. The van der Waals surface area contributed by atoms with E-state index in [1.807, 2.05) is 0 Å². The smallest absolute Gasteiger partial charge is 0.306 e. The summed E-state index contributed by atoms with van der Waals surface area (Å²) in [6, 6.07) is 2.89. The number of aliphatic hydroxyl groups is 1. The summed E-state index contributed by atoms with van der Waals surface area (Å²) in [6.07, 6.45) is 4.97. The number of aromatic nitrogens is 3. The van der Waals surface area contributed by atoms with Gasteiger partial charge in [-0.15, -0.1) is 0 Å². The van der Waals surface area contributed by atoms with E-state index in [2.05, 4.69) is 10.1 Å². The van der Waals surface area contributed by atoms with Gasteiger partial charge in [0.15, 0.2) is 0 Å². The minimum atomic E-state index is -1.32. The molecule has 38 heavy (non-hydrogen) atoms. The first kappa shape index (κ1) is 27.9. The van der Waals surface area contributed by atoms with Crippen LogP contribution in [0.1, 0.15) is 65.0 Å². The number of benzene rings is 1. The summed E-state index contributed by atoms with van der Waals surface area (Å²) in [5.74, 6) is -3.31. The number of pyridine rings is 1. The highest BCUT2D eigenvalue weighted by Crippen LogP contribution is 2.34. The maximum absolute atomic E-state index is 13.9. The molecule has 1 atom stereocenters. The van der Waals surface area contributed by atoms with E-state index in [1.54, 1.807) is 11.6 Å². The van der Waals surface area contributed by atoms with Gasteiger partial charge >= 0.3 is 5.97 Å². The molecule has 0 bridgehead atoms. The average molecular weight is 567 g/mol. The molecule has 0 radical (unpaired) electrons. The first-order valence-electron chi connectivity index (χ1n) is 12.0. The van der Waals surface area contributed by atoms with E-state index in [9.17, 15) is 28.6 Å². The number of nitrogens with zero attached hydrogens (tertiary/aromatic N) is 4. The van der Waals surface area contributed by atoms with Crippen molar-refractivity contribution < 1.29 is 28.6 Å². The molecule has 3 aromatic rings. The van der Waals surface area contributed by atoms with Gasteiger partial charge in [0.25, 0.3) is 5.91 Å². The molecular weight excluding hydrogens is 541 g/mol. The van der Waals surface area contributed by atoms with Crippen LogP contribution in [0.5, 0.6) is 0 Å². The summed E-state index contributed by atoms with van der Waals surface area (Å²) in [4.78, 5) is 30.1. The van der Waals surface area contributed by atoms with Crippen molar-refractivity contribution in [1.82, 2.24) is 19.7 Å². The fourth-order valence-corrected chi connectivity index (χ4v) is 5.54. The standard InChI is InChI=1S/C26H26Cl2F2N4O4/c1-14-20(9-32-34(14)19-4-2-16(3-5-19)26(37)38)25(36)33(12-15-6-17(29)8-18(30)7-15)13-23(35)24-21(27)10-31-11-22(24)28/h6-11,16,19,23,35H,2-5,12-13H2,1H3,(H,37,38)/t16-,19-,23?. The zero-order valence-electron chi connectivity index (χ0n) is 20.5. The molecular formula is C26H26Cl2F2N4O4. The number of carbonyl (C=O) groups excluding carboxylic acids is 1. The Morgan fingerprint density at radius 1 is 1.08 bits per heavy atom. The molecule has 1 aliphatic carbocycles. The van der Waals surface area contributed by atoms with Crippen molar-refractivity contribution in [1.29, 1.82) is 0 Å². The van der Waals surface area contributed by atoms with Gasteiger partial charge in [-0.2, -0.15) is 5.10 Å². The largest absolute Gasteiger partial charge is 0.481 e. The van der Waals surface area contributed by atoms with Crippen molar-refractivity contribution in [3.8, 4) is 0 Å². The van der Waals surface area contributed by atoms with E-state index in [0.29, 0.717) is 31.4 Å². The first-order chi connectivity index (χ1) is 18.0. The summed E-state index contributed by atoms with van der Waals surface area (Å²) in [7, 11) is 0. The molecule has 1 amide bonds. The number of halogens is 4. The molecule has 2 aromatic heterocycles. The zero-order valence-corrected chi connectivity index (χ0v) is 22.0. The van der Waals surface area contributed by atoms with Crippen LogP contribution in [0.25, 0.3) is 0 Å². The second-order valence-corrected chi connectivity index (χ2v) is 10.2. The van der Waals surface area contributed by atoms with Crippen LogP contribution in [0.3, 0.4) is 0 Å². The van der Waals surface area contributed by atoms with E-state index < -0.39 is 35.5 Å². The first-order valence-corrected chi connectivity index (χ1v) is 12.8. The lowest BCUT2D eigenvalue weighted by Gasteiger charge is -2.28. The van der Waals surface area contributed by atoms with Crippen LogP contribution >= 0.6 is 23.2 Å².